The van der Waals surface area contributed by atoms with Crippen LogP contribution in [-0.2, 0) is 6.54 Å². The van der Waals surface area contributed by atoms with Crippen LogP contribution in [-0.4, -0.2) is 4.57 Å². The van der Waals surface area contributed by atoms with Gasteiger partial charge in [-0.05, 0) is 43.3 Å². The average Bonchev–Trinajstić information content (AvgIpc) is 2.50. The van der Waals surface area contributed by atoms with Gasteiger partial charge in [0.25, 0.3) is 5.82 Å². The summed E-state index contributed by atoms with van der Waals surface area (Å²) in [5.74, 6) is 0.906. The molecule has 0 fully saturated rings. The molecule has 0 unspecified atom stereocenters. The summed E-state index contributed by atoms with van der Waals surface area (Å²) in [7, 11) is 0. The number of nitrogens with zero attached hydrogens (tertiary/aromatic N) is 2. The smallest absolute Gasteiger partial charge is 0.240 e. The lowest BCUT2D eigenvalue weighted by Crippen LogP contribution is -2.44. The van der Waals surface area contributed by atoms with E-state index in [-0.39, 0.29) is 5.56 Å². The van der Waals surface area contributed by atoms with Crippen molar-refractivity contribution in [2.24, 2.45) is 0 Å². The Kier molecular flexibility index (Phi) is 3.52. The van der Waals surface area contributed by atoms with E-state index in [0.29, 0.717) is 5.02 Å². The Morgan fingerprint density at radius 1 is 1.10 bits per heavy atom. The number of para-hydroxylation sites is 1. The maximum absolute atomic E-state index is 12.8. The maximum atomic E-state index is 12.8. The Hall–Kier alpha value is -2.13. The number of fused-ring (bicyclic) bond motifs is 1. The molecule has 21 heavy (non-hydrogen) atoms. The molecule has 0 bridgehead atoms. The molecule has 0 amide bonds. The Balaban J connectivity index is 2.43. The summed E-state index contributed by atoms with van der Waals surface area (Å²) in [5.41, 5.74) is 1.79. The van der Waals surface area contributed by atoms with Crippen LogP contribution in [0.15, 0.2) is 53.3 Å². The highest BCUT2D eigenvalue weighted by molar-refractivity contribution is 6.30. The number of rotatable bonds is 2. The minimum atomic E-state index is -0.00452. The molecule has 1 heterocycles. The molecule has 0 aliphatic heterocycles. The van der Waals surface area contributed by atoms with Gasteiger partial charge < -0.3 is 0 Å². The van der Waals surface area contributed by atoms with E-state index in [2.05, 4.69) is 11.5 Å². The minimum Gasteiger partial charge on any atom is -0.240 e. The van der Waals surface area contributed by atoms with E-state index in [9.17, 15) is 4.79 Å². The normalized spacial score (nSPS) is 11.0. The van der Waals surface area contributed by atoms with E-state index in [1.165, 1.54) is 0 Å². The average molecular weight is 300 g/mol. The highest BCUT2D eigenvalue weighted by Gasteiger charge is 2.20. The Labute approximate surface area is 128 Å². The summed E-state index contributed by atoms with van der Waals surface area (Å²) in [6.07, 6.45) is 0. The number of aromatic nitrogens is 2. The summed E-state index contributed by atoms with van der Waals surface area (Å²) in [4.78, 5) is 12.8. The molecular formula is C17H16ClN2O+. The molecule has 0 saturated heterocycles. The second-order valence-electron chi connectivity index (χ2n) is 4.93. The van der Waals surface area contributed by atoms with Gasteiger partial charge in [0, 0.05) is 11.9 Å². The molecule has 0 saturated carbocycles. The third kappa shape index (κ3) is 2.24. The minimum absolute atomic E-state index is 0.00452. The zero-order chi connectivity index (χ0) is 15.0. The van der Waals surface area contributed by atoms with Gasteiger partial charge in [0.2, 0.25) is 0 Å². The van der Waals surface area contributed by atoms with Crippen molar-refractivity contribution in [2.75, 3.05) is 0 Å². The van der Waals surface area contributed by atoms with Crippen LogP contribution >= 0.6 is 11.6 Å². The fourth-order valence-electron chi connectivity index (χ4n) is 2.75. The number of aryl methyl sites for hydroxylation is 1. The SMILES string of the molecule is CC[n+]1c(C)n(-c2ccc(Cl)cc2)c(=O)c2ccccc21. The first kappa shape index (κ1) is 13.8. The first-order valence-corrected chi connectivity index (χ1v) is 7.31. The van der Waals surface area contributed by atoms with Gasteiger partial charge in [0.1, 0.15) is 16.6 Å². The molecule has 0 spiro atoms. The number of hydrogen-bond acceptors (Lipinski definition) is 1. The predicted octanol–water partition coefficient (Wildman–Crippen LogP) is 3.26. The number of hydrogen-bond donors (Lipinski definition) is 0. The summed E-state index contributed by atoms with van der Waals surface area (Å²) in [6, 6.07) is 15.0. The predicted molar refractivity (Wildman–Crippen MR) is 85.2 cm³/mol. The summed E-state index contributed by atoms with van der Waals surface area (Å²) >= 11 is 5.94. The molecule has 2 aromatic carbocycles. The standard InChI is InChI=1S/C17H16ClN2O/c1-3-19-12(2)20(14-10-8-13(18)9-11-14)17(21)15-6-4-5-7-16(15)19/h4-11H,3H2,1-2H3/q+1. The first-order chi connectivity index (χ1) is 10.1. The van der Waals surface area contributed by atoms with E-state index < -0.39 is 0 Å². The highest BCUT2D eigenvalue weighted by Crippen LogP contribution is 2.14. The van der Waals surface area contributed by atoms with Crippen molar-refractivity contribution in [3.63, 3.8) is 0 Å². The fourth-order valence-corrected chi connectivity index (χ4v) is 2.87. The molecule has 4 heteroatoms. The van der Waals surface area contributed by atoms with E-state index in [1.54, 1.807) is 16.7 Å². The van der Waals surface area contributed by atoms with Gasteiger partial charge in [-0.25, -0.2) is 9.36 Å². The zero-order valence-electron chi connectivity index (χ0n) is 12.0. The van der Waals surface area contributed by atoms with E-state index in [1.807, 2.05) is 43.3 Å². The van der Waals surface area contributed by atoms with Crippen LogP contribution < -0.4 is 10.1 Å². The van der Waals surface area contributed by atoms with Crippen molar-refractivity contribution in [3.8, 4) is 5.69 Å². The topological polar surface area (TPSA) is 25.9 Å². The quantitative estimate of drug-likeness (QED) is 0.667. The van der Waals surface area contributed by atoms with Crippen LogP contribution in [0.4, 0.5) is 0 Å². The first-order valence-electron chi connectivity index (χ1n) is 6.93. The number of halogens is 1. The molecule has 0 aliphatic carbocycles. The molecule has 3 aromatic rings. The van der Waals surface area contributed by atoms with Crippen molar-refractivity contribution in [2.45, 2.75) is 20.4 Å². The summed E-state index contributed by atoms with van der Waals surface area (Å²) in [5, 5.41) is 1.38. The molecular weight excluding hydrogens is 284 g/mol. The van der Waals surface area contributed by atoms with Crippen molar-refractivity contribution < 1.29 is 4.57 Å². The van der Waals surface area contributed by atoms with Crippen LogP contribution in [0.3, 0.4) is 0 Å². The van der Waals surface area contributed by atoms with Crippen molar-refractivity contribution in [1.82, 2.24) is 4.57 Å². The van der Waals surface area contributed by atoms with E-state index in [4.69, 9.17) is 11.6 Å². The van der Waals surface area contributed by atoms with Gasteiger partial charge in [0.05, 0.1) is 6.54 Å². The molecule has 0 atom stereocenters. The third-order valence-electron chi connectivity index (χ3n) is 3.74. The van der Waals surface area contributed by atoms with Gasteiger partial charge in [-0.1, -0.05) is 23.7 Å². The lowest BCUT2D eigenvalue weighted by Gasteiger charge is -2.10. The van der Waals surface area contributed by atoms with Crippen LogP contribution in [0.25, 0.3) is 16.6 Å². The van der Waals surface area contributed by atoms with Crippen molar-refractivity contribution >= 4 is 22.5 Å². The Bertz CT molecular complexity index is 866. The van der Waals surface area contributed by atoms with E-state index in [0.717, 1.165) is 29.0 Å². The Morgan fingerprint density at radius 2 is 1.76 bits per heavy atom. The summed E-state index contributed by atoms with van der Waals surface area (Å²) in [6.45, 7) is 4.85. The molecule has 1 aromatic heterocycles. The van der Waals surface area contributed by atoms with Gasteiger partial charge in [-0.3, -0.25) is 0 Å². The van der Waals surface area contributed by atoms with Crippen LogP contribution in [0, 0.1) is 6.92 Å². The van der Waals surface area contributed by atoms with Gasteiger partial charge in [-0.2, -0.15) is 4.57 Å². The van der Waals surface area contributed by atoms with Crippen LogP contribution in [0.1, 0.15) is 12.7 Å². The third-order valence-corrected chi connectivity index (χ3v) is 4.00. The molecule has 106 valence electrons. The lowest BCUT2D eigenvalue weighted by molar-refractivity contribution is -0.678. The Morgan fingerprint density at radius 3 is 2.43 bits per heavy atom. The molecule has 0 aliphatic rings. The largest absolute Gasteiger partial charge is 0.350 e. The maximum Gasteiger partial charge on any atom is 0.350 e. The highest BCUT2D eigenvalue weighted by atomic mass is 35.5. The van der Waals surface area contributed by atoms with Crippen molar-refractivity contribution in [3.05, 3.63) is 69.7 Å². The lowest BCUT2D eigenvalue weighted by atomic mass is 10.2. The molecule has 0 N–H and O–H groups in total. The van der Waals surface area contributed by atoms with Gasteiger partial charge in [0.15, 0.2) is 0 Å². The van der Waals surface area contributed by atoms with Gasteiger partial charge >= 0.3 is 5.56 Å². The second kappa shape index (κ2) is 5.34. The molecule has 3 nitrogen and oxygen atoms in total. The fraction of sp³-hybridized carbons (Fsp3) is 0.176. The van der Waals surface area contributed by atoms with Crippen LogP contribution in [0.5, 0.6) is 0 Å². The monoisotopic (exact) mass is 299 g/mol. The van der Waals surface area contributed by atoms with Gasteiger partial charge in [-0.15, -0.1) is 0 Å². The second-order valence-corrected chi connectivity index (χ2v) is 5.36. The van der Waals surface area contributed by atoms with Crippen molar-refractivity contribution in [1.29, 1.82) is 0 Å². The molecule has 3 rings (SSSR count). The summed E-state index contributed by atoms with van der Waals surface area (Å²) < 4.78 is 3.88. The van der Waals surface area contributed by atoms with E-state index >= 15 is 0 Å². The van der Waals surface area contributed by atoms with Crippen LogP contribution in [0.2, 0.25) is 5.02 Å². The zero-order valence-corrected chi connectivity index (χ0v) is 12.8. The molecule has 0 radical (unpaired) electrons. The number of benzene rings is 2.